The zero-order chi connectivity index (χ0) is 28.8. The van der Waals surface area contributed by atoms with E-state index in [0.29, 0.717) is 35.8 Å². The minimum atomic E-state index is -4.39. The highest BCUT2D eigenvalue weighted by Crippen LogP contribution is 2.34. The third kappa shape index (κ3) is 7.35. The van der Waals surface area contributed by atoms with E-state index < -0.39 is 17.7 Å². The van der Waals surface area contributed by atoms with E-state index in [1.165, 1.54) is 29.0 Å². The van der Waals surface area contributed by atoms with Crippen LogP contribution in [0.4, 0.5) is 13.2 Å². The predicted molar refractivity (Wildman–Crippen MR) is 154 cm³/mol. The maximum absolute atomic E-state index is 13.1. The summed E-state index contributed by atoms with van der Waals surface area (Å²) in [5, 5.41) is 10.5. The molecule has 5 rings (SSSR count). The van der Waals surface area contributed by atoms with Crippen molar-refractivity contribution in [2.24, 2.45) is 0 Å². The molecule has 5 nitrogen and oxygen atoms in total. The van der Waals surface area contributed by atoms with Gasteiger partial charge < -0.3 is 14.4 Å². The van der Waals surface area contributed by atoms with Crippen molar-refractivity contribution in [3.8, 4) is 16.3 Å². The first-order valence-corrected chi connectivity index (χ1v) is 14.2. The number of carboxylic acids is 1. The van der Waals surface area contributed by atoms with Crippen LogP contribution in [-0.2, 0) is 37.0 Å². The summed E-state index contributed by atoms with van der Waals surface area (Å²) in [5.41, 5.74) is 3.07. The normalized spacial score (nSPS) is 11.7. The summed E-state index contributed by atoms with van der Waals surface area (Å²) in [7, 11) is 0. The van der Waals surface area contributed by atoms with Crippen LogP contribution in [0.2, 0.25) is 0 Å². The molecule has 0 atom stereocenters. The number of benzene rings is 3. The molecule has 5 aromatic rings. The highest BCUT2D eigenvalue weighted by atomic mass is 32.1. The van der Waals surface area contributed by atoms with Crippen LogP contribution >= 0.6 is 11.3 Å². The van der Waals surface area contributed by atoms with Crippen LogP contribution in [0, 0.1) is 0 Å². The summed E-state index contributed by atoms with van der Waals surface area (Å²) in [6.45, 7) is 1.04. The number of nitrogens with zero attached hydrogens (tertiary/aromatic N) is 2. The fourth-order valence-electron chi connectivity index (χ4n) is 4.69. The average Bonchev–Trinajstić information content (AvgIpc) is 3.57. The van der Waals surface area contributed by atoms with E-state index in [-0.39, 0.29) is 6.42 Å². The van der Waals surface area contributed by atoms with Crippen molar-refractivity contribution >= 4 is 28.2 Å². The lowest BCUT2D eigenvalue weighted by Crippen LogP contribution is -2.03. The molecule has 0 amide bonds. The second-order valence-corrected chi connectivity index (χ2v) is 10.9. The number of thiazole rings is 1. The van der Waals surface area contributed by atoms with E-state index in [0.717, 1.165) is 53.0 Å². The Balaban J connectivity index is 1.31. The number of halogens is 3. The number of aliphatic carboxylic acids is 1. The number of rotatable bonds is 12. The van der Waals surface area contributed by atoms with Crippen molar-refractivity contribution in [1.82, 2.24) is 9.55 Å². The van der Waals surface area contributed by atoms with Gasteiger partial charge in [0.25, 0.3) is 0 Å². The van der Waals surface area contributed by atoms with Gasteiger partial charge in [-0.05, 0) is 67.6 Å². The summed E-state index contributed by atoms with van der Waals surface area (Å²) in [6.07, 6.45) is 0.668. The van der Waals surface area contributed by atoms with E-state index in [1.54, 1.807) is 0 Å². The van der Waals surface area contributed by atoms with Crippen LogP contribution in [0.1, 0.15) is 41.0 Å². The van der Waals surface area contributed by atoms with Gasteiger partial charge in [0.05, 0.1) is 16.1 Å². The van der Waals surface area contributed by atoms with Gasteiger partial charge in [-0.3, -0.25) is 4.79 Å². The minimum absolute atomic E-state index is 0.169. The van der Waals surface area contributed by atoms with Gasteiger partial charge in [0.2, 0.25) is 0 Å². The van der Waals surface area contributed by atoms with E-state index in [2.05, 4.69) is 16.7 Å². The molecule has 0 aliphatic carbocycles. The van der Waals surface area contributed by atoms with Crippen molar-refractivity contribution in [2.45, 2.75) is 51.4 Å². The lowest BCUT2D eigenvalue weighted by molar-refractivity contribution is -0.138. The Bertz CT molecular complexity index is 1610. The molecule has 0 bridgehead atoms. The van der Waals surface area contributed by atoms with Crippen LogP contribution < -0.4 is 4.74 Å². The maximum Gasteiger partial charge on any atom is 0.416 e. The number of alkyl halides is 3. The summed E-state index contributed by atoms with van der Waals surface area (Å²) in [5.74, 6) is -0.0700. The number of fused-ring (bicyclic) bond motifs is 1. The highest BCUT2D eigenvalue weighted by molar-refractivity contribution is 7.15. The van der Waals surface area contributed by atoms with Gasteiger partial charge >= 0.3 is 12.1 Å². The molecule has 0 unspecified atom stereocenters. The maximum atomic E-state index is 13.1. The lowest BCUT2D eigenvalue weighted by atomic mass is 10.1. The zero-order valence-corrected chi connectivity index (χ0v) is 23.0. The fraction of sp³-hybridized carbons (Fsp3) is 0.250. The largest absolute Gasteiger partial charge is 0.488 e. The Kier molecular flexibility index (Phi) is 8.73. The lowest BCUT2D eigenvalue weighted by Gasteiger charge is -2.08. The van der Waals surface area contributed by atoms with Crippen molar-refractivity contribution < 1.29 is 27.8 Å². The Morgan fingerprint density at radius 2 is 1.73 bits per heavy atom. The quantitative estimate of drug-likeness (QED) is 0.151. The molecule has 2 aromatic heterocycles. The fourth-order valence-corrected chi connectivity index (χ4v) is 5.72. The van der Waals surface area contributed by atoms with Crippen molar-refractivity contribution in [2.75, 3.05) is 0 Å². The third-order valence-electron chi connectivity index (χ3n) is 6.88. The third-order valence-corrected chi connectivity index (χ3v) is 8.00. The van der Waals surface area contributed by atoms with Crippen LogP contribution in [0.15, 0.2) is 85.1 Å². The Morgan fingerprint density at radius 1 is 0.951 bits per heavy atom. The van der Waals surface area contributed by atoms with Crippen molar-refractivity contribution in [3.63, 3.8) is 0 Å². The molecule has 0 saturated carbocycles. The van der Waals surface area contributed by atoms with Gasteiger partial charge in [0.1, 0.15) is 17.4 Å². The van der Waals surface area contributed by atoms with Crippen LogP contribution in [-0.4, -0.2) is 20.6 Å². The molecule has 0 fully saturated rings. The molecule has 0 aliphatic rings. The Hall–Kier alpha value is -4.11. The first-order valence-electron chi connectivity index (χ1n) is 13.4. The summed E-state index contributed by atoms with van der Waals surface area (Å²) in [6, 6.07) is 23.1. The van der Waals surface area contributed by atoms with Crippen molar-refractivity contribution in [1.29, 1.82) is 0 Å². The molecule has 3 aromatic carbocycles. The molecule has 0 saturated heterocycles. The molecule has 0 aliphatic heterocycles. The molecular formula is C32H29F3N2O3S. The Labute approximate surface area is 239 Å². The molecular weight excluding hydrogens is 549 g/mol. The van der Waals surface area contributed by atoms with Gasteiger partial charge in [0.15, 0.2) is 0 Å². The minimum Gasteiger partial charge on any atom is -0.488 e. The number of hydrogen-bond donors (Lipinski definition) is 1. The second-order valence-electron chi connectivity index (χ2n) is 9.82. The SMILES string of the molecule is O=C(O)CCCCn1ccc2cc(OCc3sc(-c4ccc(C(F)(F)F)cc4)nc3CCc3ccccc3)ccc21. The van der Waals surface area contributed by atoms with E-state index in [4.69, 9.17) is 14.8 Å². The van der Waals surface area contributed by atoms with E-state index >= 15 is 0 Å². The molecule has 2 heterocycles. The van der Waals surface area contributed by atoms with Crippen molar-refractivity contribution in [3.05, 3.63) is 107 Å². The molecule has 1 N–H and O–H groups in total. The average molecular weight is 579 g/mol. The van der Waals surface area contributed by atoms with Gasteiger partial charge in [-0.2, -0.15) is 13.2 Å². The summed E-state index contributed by atoms with van der Waals surface area (Å²) < 4.78 is 47.5. The molecule has 0 radical (unpaired) electrons. The monoisotopic (exact) mass is 578 g/mol. The van der Waals surface area contributed by atoms with Gasteiger partial charge in [-0.25, -0.2) is 4.98 Å². The molecule has 212 valence electrons. The van der Waals surface area contributed by atoms with Crippen LogP contribution in [0.25, 0.3) is 21.5 Å². The topological polar surface area (TPSA) is 64.3 Å². The van der Waals surface area contributed by atoms with Gasteiger partial charge in [-0.1, -0.05) is 42.5 Å². The van der Waals surface area contributed by atoms with Crippen LogP contribution in [0.5, 0.6) is 5.75 Å². The first-order chi connectivity index (χ1) is 19.8. The molecule has 9 heteroatoms. The number of aromatic nitrogens is 2. The second kappa shape index (κ2) is 12.6. The highest BCUT2D eigenvalue weighted by Gasteiger charge is 2.30. The first kappa shape index (κ1) is 28.4. The number of hydrogen-bond acceptors (Lipinski definition) is 4. The van der Waals surface area contributed by atoms with Crippen LogP contribution in [0.3, 0.4) is 0 Å². The zero-order valence-electron chi connectivity index (χ0n) is 22.2. The number of carbonyl (C=O) groups is 1. The number of ether oxygens (including phenoxy) is 1. The smallest absolute Gasteiger partial charge is 0.416 e. The number of unbranched alkanes of at least 4 members (excludes halogenated alkanes) is 1. The number of carboxylic acid groups (broad SMARTS) is 1. The van der Waals surface area contributed by atoms with E-state index in [1.807, 2.05) is 48.7 Å². The standard InChI is InChI=1S/C32H29F3N2O3S/c33-32(34,35)25-12-10-23(11-13-25)31-36-27(15-9-22-6-2-1-3-7-22)29(41-31)21-40-26-14-16-28-24(20-26)17-19-37(28)18-5-4-8-30(38)39/h1-3,6-7,10-14,16-17,19-20H,4-5,8-9,15,18,21H2,(H,38,39). The van der Waals surface area contributed by atoms with E-state index in [9.17, 15) is 18.0 Å². The van der Waals surface area contributed by atoms with Gasteiger partial charge in [-0.15, -0.1) is 11.3 Å². The summed E-state index contributed by atoms with van der Waals surface area (Å²) >= 11 is 1.44. The predicted octanol–water partition coefficient (Wildman–Crippen LogP) is 8.40. The molecule has 41 heavy (non-hydrogen) atoms. The molecule has 0 spiro atoms. The summed E-state index contributed by atoms with van der Waals surface area (Å²) in [4.78, 5) is 16.5. The number of aryl methyl sites for hydroxylation is 3. The van der Waals surface area contributed by atoms with Gasteiger partial charge in [0, 0.05) is 35.6 Å². The Morgan fingerprint density at radius 3 is 2.46 bits per heavy atom.